The molecule has 3 heteroatoms. The van der Waals surface area contributed by atoms with Gasteiger partial charge in [0, 0.05) is 18.7 Å². The Morgan fingerprint density at radius 2 is 1.90 bits per heavy atom. The normalized spacial score (nSPS) is 16.9. The summed E-state index contributed by atoms with van der Waals surface area (Å²) in [5.74, 6) is 1.01. The van der Waals surface area contributed by atoms with Crippen molar-refractivity contribution in [1.82, 2.24) is 10.2 Å². The Kier molecular flexibility index (Phi) is 6.34. The minimum atomic E-state index is 0.879. The molecule has 1 aromatic rings. The number of nitrogens with zero attached hydrogens (tertiary/aromatic N) is 1. The fourth-order valence-electron chi connectivity index (χ4n) is 2.85. The summed E-state index contributed by atoms with van der Waals surface area (Å²) in [4.78, 5) is 2.58. The number of methoxy groups -OCH3 is 1. The highest BCUT2D eigenvalue weighted by molar-refractivity contribution is 5.37. The highest BCUT2D eigenvalue weighted by Gasteiger charge is 2.11. The van der Waals surface area contributed by atoms with Crippen LogP contribution >= 0.6 is 0 Å². The molecular formula is C17H28N2O. The van der Waals surface area contributed by atoms with E-state index in [0.29, 0.717) is 0 Å². The van der Waals surface area contributed by atoms with Crippen LogP contribution in [0.25, 0.3) is 0 Å². The van der Waals surface area contributed by atoms with E-state index in [9.17, 15) is 0 Å². The fourth-order valence-corrected chi connectivity index (χ4v) is 2.85. The summed E-state index contributed by atoms with van der Waals surface area (Å²) in [7, 11) is 1.76. The van der Waals surface area contributed by atoms with E-state index < -0.39 is 0 Å². The molecule has 1 aliphatic rings. The van der Waals surface area contributed by atoms with Gasteiger partial charge in [-0.15, -0.1) is 0 Å². The van der Waals surface area contributed by atoms with Crippen LogP contribution in [0.5, 0.6) is 5.75 Å². The Morgan fingerprint density at radius 3 is 2.55 bits per heavy atom. The minimum Gasteiger partial charge on any atom is -0.496 e. The maximum absolute atomic E-state index is 5.54. The van der Waals surface area contributed by atoms with Gasteiger partial charge in [-0.3, -0.25) is 4.90 Å². The molecule has 0 saturated carbocycles. The highest BCUT2D eigenvalue weighted by Crippen LogP contribution is 2.22. The van der Waals surface area contributed by atoms with Gasteiger partial charge in [-0.1, -0.05) is 31.9 Å². The van der Waals surface area contributed by atoms with E-state index in [1.165, 1.54) is 49.9 Å². The highest BCUT2D eigenvalue weighted by atomic mass is 16.5. The van der Waals surface area contributed by atoms with Gasteiger partial charge in [0.1, 0.15) is 5.75 Å². The lowest BCUT2D eigenvalue weighted by Crippen LogP contribution is -2.24. The predicted octanol–water partition coefficient (Wildman–Crippen LogP) is 3.18. The molecule has 1 heterocycles. The van der Waals surface area contributed by atoms with E-state index in [-0.39, 0.29) is 0 Å². The van der Waals surface area contributed by atoms with Crippen LogP contribution in [0, 0.1) is 0 Å². The molecule has 3 nitrogen and oxygen atoms in total. The quantitative estimate of drug-likeness (QED) is 0.863. The van der Waals surface area contributed by atoms with Crippen LogP contribution in [0.2, 0.25) is 0 Å². The van der Waals surface area contributed by atoms with Crippen LogP contribution in [0.15, 0.2) is 18.2 Å². The summed E-state index contributed by atoms with van der Waals surface area (Å²) in [6.45, 7) is 7.52. The van der Waals surface area contributed by atoms with Crippen LogP contribution in [0.4, 0.5) is 0 Å². The molecule has 20 heavy (non-hydrogen) atoms. The van der Waals surface area contributed by atoms with Crippen molar-refractivity contribution in [2.24, 2.45) is 0 Å². The molecule has 0 aromatic heterocycles. The zero-order valence-electron chi connectivity index (χ0n) is 13.0. The first-order valence-corrected chi connectivity index (χ1v) is 7.92. The third kappa shape index (κ3) is 4.50. The van der Waals surface area contributed by atoms with E-state index in [1.807, 2.05) is 0 Å². The van der Waals surface area contributed by atoms with Gasteiger partial charge in [-0.25, -0.2) is 0 Å². The van der Waals surface area contributed by atoms with Gasteiger partial charge in [-0.05, 0) is 44.1 Å². The van der Waals surface area contributed by atoms with Crippen molar-refractivity contribution in [2.45, 2.75) is 45.7 Å². The van der Waals surface area contributed by atoms with Crippen LogP contribution in [0.1, 0.15) is 43.7 Å². The smallest absolute Gasteiger partial charge is 0.123 e. The molecule has 0 unspecified atom stereocenters. The number of hydrogen-bond donors (Lipinski definition) is 1. The van der Waals surface area contributed by atoms with Gasteiger partial charge >= 0.3 is 0 Å². The first kappa shape index (κ1) is 15.3. The van der Waals surface area contributed by atoms with Crippen LogP contribution < -0.4 is 10.1 Å². The Morgan fingerprint density at radius 1 is 1.15 bits per heavy atom. The van der Waals surface area contributed by atoms with Gasteiger partial charge in [-0.2, -0.15) is 0 Å². The van der Waals surface area contributed by atoms with E-state index in [4.69, 9.17) is 4.74 Å². The number of nitrogens with one attached hydrogen (secondary N) is 1. The third-order valence-electron chi connectivity index (χ3n) is 4.02. The Labute approximate surface area is 123 Å². The molecule has 0 bridgehead atoms. The second-order valence-electron chi connectivity index (χ2n) is 5.62. The SMILES string of the molecule is CCNCc1ccc(CN2CCCCCC2)cc1OC. The monoisotopic (exact) mass is 276 g/mol. The van der Waals surface area contributed by atoms with Crippen LogP contribution in [-0.4, -0.2) is 31.6 Å². The van der Waals surface area contributed by atoms with E-state index in [2.05, 4.69) is 35.3 Å². The van der Waals surface area contributed by atoms with E-state index in [1.54, 1.807) is 7.11 Å². The molecule has 1 saturated heterocycles. The molecule has 2 rings (SSSR count). The maximum Gasteiger partial charge on any atom is 0.123 e. The molecule has 0 amide bonds. The Balaban J connectivity index is 2.00. The van der Waals surface area contributed by atoms with Crippen molar-refractivity contribution in [3.05, 3.63) is 29.3 Å². The molecular weight excluding hydrogens is 248 g/mol. The van der Waals surface area contributed by atoms with Crippen molar-refractivity contribution >= 4 is 0 Å². The van der Waals surface area contributed by atoms with Crippen molar-refractivity contribution in [3.8, 4) is 5.75 Å². The Bertz CT molecular complexity index is 398. The topological polar surface area (TPSA) is 24.5 Å². The average Bonchev–Trinajstić information content (AvgIpc) is 2.74. The lowest BCUT2D eigenvalue weighted by molar-refractivity contribution is 0.276. The summed E-state index contributed by atoms with van der Waals surface area (Å²) in [6.07, 6.45) is 5.47. The standard InChI is InChI=1S/C17H28N2O/c1-3-18-13-16-9-8-15(12-17(16)20-2)14-19-10-6-4-5-7-11-19/h8-9,12,18H,3-7,10-11,13-14H2,1-2H3. The number of hydrogen-bond acceptors (Lipinski definition) is 3. The lowest BCUT2D eigenvalue weighted by Gasteiger charge is -2.20. The molecule has 0 aliphatic carbocycles. The number of rotatable bonds is 6. The van der Waals surface area contributed by atoms with Gasteiger partial charge in [0.25, 0.3) is 0 Å². The lowest BCUT2D eigenvalue weighted by atomic mass is 10.1. The van der Waals surface area contributed by atoms with E-state index in [0.717, 1.165) is 25.4 Å². The average molecular weight is 276 g/mol. The number of likely N-dealkylation sites (tertiary alicyclic amines) is 1. The van der Waals surface area contributed by atoms with Crippen molar-refractivity contribution in [3.63, 3.8) is 0 Å². The minimum absolute atomic E-state index is 0.879. The van der Waals surface area contributed by atoms with Crippen LogP contribution in [0.3, 0.4) is 0 Å². The zero-order valence-corrected chi connectivity index (χ0v) is 13.0. The third-order valence-corrected chi connectivity index (χ3v) is 4.02. The Hall–Kier alpha value is -1.06. The maximum atomic E-state index is 5.54. The van der Waals surface area contributed by atoms with Crippen molar-refractivity contribution in [2.75, 3.05) is 26.7 Å². The summed E-state index contributed by atoms with van der Waals surface area (Å²) < 4.78 is 5.54. The fraction of sp³-hybridized carbons (Fsp3) is 0.647. The van der Waals surface area contributed by atoms with Gasteiger partial charge < -0.3 is 10.1 Å². The largest absolute Gasteiger partial charge is 0.496 e. The van der Waals surface area contributed by atoms with Gasteiger partial charge in [0.15, 0.2) is 0 Å². The predicted molar refractivity (Wildman–Crippen MR) is 84.1 cm³/mol. The first-order chi connectivity index (χ1) is 9.83. The van der Waals surface area contributed by atoms with Crippen molar-refractivity contribution < 1.29 is 4.74 Å². The summed E-state index contributed by atoms with van der Waals surface area (Å²) >= 11 is 0. The van der Waals surface area contributed by atoms with Crippen LogP contribution in [-0.2, 0) is 13.1 Å². The molecule has 1 N–H and O–H groups in total. The first-order valence-electron chi connectivity index (χ1n) is 7.92. The second-order valence-corrected chi connectivity index (χ2v) is 5.62. The summed E-state index contributed by atoms with van der Waals surface area (Å²) in [5, 5.41) is 3.36. The van der Waals surface area contributed by atoms with E-state index >= 15 is 0 Å². The van der Waals surface area contributed by atoms with Crippen molar-refractivity contribution in [1.29, 1.82) is 0 Å². The molecule has 1 aliphatic heterocycles. The second kappa shape index (κ2) is 8.28. The van der Waals surface area contributed by atoms with Gasteiger partial charge in [0.05, 0.1) is 7.11 Å². The summed E-state index contributed by atoms with van der Waals surface area (Å²) in [5.41, 5.74) is 2.61. The van der Waals surface area contributed by atoms with Gasteiger partial charge in [0.2, 0.25) is 0 Å². The zero-order chi connectivity index (χ0) is 14.2. The molecule has 112 valence electrons. The number of ether oxygens (including phenoxy) is 1. The summed E-state index contributed by atoms with van der Waals surface area (Å²) in [6, 6.07) is 6.66. The molecule has 0 atom stereocenters. The molecule has 0 spiro atoms. The molecule has 0 radical (unpaired) electrons. The molecule has 1 aromatic carbocycles. The number of benzene rings is 1. The molecule has 1 fully saturated rings.